The maximum absolute atomic E-state index is 8.00. The number of pyridine rings is 1. The van der Waals surface area contributed by atoms with Gasteiger partial charge in [0.2, 0.25) is 0 Å². The number of nitrogens with one attached hydrogen (secondary N) is 2. The highest BCUT2D eigenvalue weighted by molar-refractivity contribution is 5.95. The fourth-order valence-electron chi connectivity index (χ4n) is 2.89. The SMILES string of the molecule is C=C1C=CC(=NCCc2cccnc2)NN1/C(=C\C)c1cccc(NC)c1.C=O.C=O.CC.CC. The van der Waals surface area contributed by atoms with Crippen molar-refractivity contribution in [2.75, 3.05) is 18.9 Å². The second-order valence-corrected chi connectivity index (χ2v) is 6.15. The fraction of sp³-hybridized carbons (Fsp3) is 0.286. The molecular formula is C28H41N5O2. The minimum atomic E-state index is 0.694. The standard InChI is InChI=1S/C22H25N5.2C2H6.2CH2O/c1-4-21(19-8-5-9-20(15-19)23-3)27-17(2)10-11-22(26-27)25-14-12-18-7-6-13-24-16-18;4*1-2/h4-11,13,15-16,23H,2,12,14H2,1,3H3,(H,25,26);2*1-2H3;2*1H2/b21-4-;;;;. The number of carbonyl (C=O) groups excluding carboxylic acids is 2. The van der Waals surface area contributed by atoms with Crippen LogP contribution in [0.3, 0.4) is 0 Å². The predicted octanol–water partition coefficient (Wildman–Crippen LogP) is 5.70. The van der Waals surface area contributed by atoms with Crippen LogP contribution in [0.1, 0.15) is 45.7 Å². The molecule has 7 heteroatoms. The number of anilines is 1. The Hall–Kier alpha value is -4.00. The molecule has 7 nitrogen and oxygen atoms in total. The topological polar surface area (TPSA) is 86.7 Å². The summed E-state index contributed by atoms with van der Waals surface area (Å²) in [5, 5.41) is 5.15. The average Bonchev–Trinajstić information content (AvgIpc) is 2.96. The third-order valence-electron chi connectivity index (χ3n) is 4.31. The van der Waals surface area contributed by atoms with E-state index in [1.54, 1.807) is 6.20 Å². The molecule has 1 aliphatic rings. The van der Waals surface area contributed by atoms with Gasteiger partial charge in [0.05, 0.1) is 11.4 Å². The lowest BCUT2D eigenvalue weighted by molar-refractivity contribution is -0.0987. The molecule has 1 aliphatic heterocycles. The van der Waals surface area contributed by atoms with E-state index in [9.17, 15) is 0 Å². The van der Waals surface area contributed by atoms with Gasteiger partial charge in [-0.05, 0) is 49.3 Å². The number of hydrogen-bond acceptors (Lipinski definition) is 6. The van der Waals surface area contributed by atoms with E-state index in [0.717, 1.165) is 34.9 Å². The molecule has 2 heterocycles. The molecule has 1 aromatic heterocycles. The van der Waals surface area contributed by atoms with Gasteiger partial charge in [0.1, 0.15) is 19.4 Å². The van der Waals surface area contributed by atoms with Crippen LogP contribution in [0.5, 0.6) is 0 Å². The molecule has 0 fully saturated rings. The van der Waals surface area contributed by atoms with Gasteiger partial charge in [0.25, 0.3) is 0 Å². The lowest BCUT2D eigenvalue weighted by Gasteiger charge is -2.32. The Morgan fingerprint density at radius 3 is 2.34 bits per heavy atom. The summed E-state index contributed by atoms with van der Waals surface area (Å²) in [6, 6.07) is 12.3. The summed E-state index contributed by atoms with van der Waals surface area (Å²) in [7, 11) is 1.92. The average molecular weight is 480 g/mol. The summed E-state index contributed by atoms with van der Waals surface area (Å²) in [5.74, 6) is 0.815. The molecule has 0 atom stereocenters. The zero-order valence-electron chi connectivity index (χ0n) is 22.0. The zero-order valence-corrected chi connectivity index (χ0v) is 22.0. The molecule has 0 aliphatic carbocycles. The first-order valence-electron chi connectivity index (χ1n) is 11.6. The summed E-state index contributed by atoms with van der Waals surface area (Å²) in [6.45, 7) is 18.9. The molecule has 0 spiro atoms. The van der Waals surface area contributed by atoms with Crippen molar-refractivity contribution < 1.29 is 9.59 Å². The Morgan fingerprint density at radius 2 is 1.77 bits per heavy atom. The number of benzene rings is 1. The molecule has 35 heavy (non-hydrogen) atoms. The highest BCUT2D eigenvalue weighted by atomic mass is 16.1. The number of carbonyl (C=O) groups is 2. The smallest absolute Gasteiger partial charge is 0.140 e. The maximum atomic E-state index is 8.00. The number of allylic oxidation sites excluding steroid dienone is 2. The van der Waals surface area contributed by atoms with E-state index in [2.05, 4.69) is 51.6 Å². The quantitative estimate of drug-likeness (QED) is 0.553. The van der Waals surface area contributed by atoms with Crippen molar-refractivity contribution in [3.8, 4) is 0 Å². The van der Waals surface area contributed by atoms with Crippen molar-refractivity contribution in [2.24, 2.45) is 4.99 Å². The number of hydrogen-bond donors (Lipinski definition) is 2. The van der Waals surface area contributed by atoms with Gasteiger partial charge in [-0.2, -0.15) is 0 Å². The Kier molecular flexibility index (Phi) is 20.7. The van der Waals surface area contributed by atoms with Gasteiger partial charge >= 0.3 is 0 Å². The summed E-state index contributed by atoms with van der Waals surface area (Å²) >= 11 is 0. The van der Waals surface area contributed by atoms with Crippen molar-refractivity contribution >= 4 is 30.8 Å². The number of nitrogens with zero attached hydrogens (tertiary/aromatic N) is 3. The Balaban J connectivity index is 0. The summed E-state index contributed by atoms with van der Waals surface area (Å²) in [5.41, 5.74) is 8.61. The number of hydrazine groups is 1. The van der Waals surface area contributed by atoms with E-state index in [0.29, 0.717) is 6.54 Å². The van der Waals surface area contributed by atoms with Crippen LogP contribution in [0.25, 0.3) is 5.70 Å². The lowest BCUT2D eigenvalue weighted by atomic mass is 10.1. The van der Waals surface area contributed by atoms with Crippen molar-refractivity contribution in [3.63, 3.8) is 0 Å². The monoisotopic (exact) mass is 479 g/mol. The van der Waals surface area contributed by atoms with E-state index >= 15 is 0 Å². The number of amidine groups is 1. The van der Waals surface area contributed by atoms with Gasteiger partial charge in [-0.15, -0.1) is 0 Å². The molecule has 2 aromatic rings. The second-order valence-electron chi connectivity index (χ2n) is 6.15. The van der Waals surface area contributed by atoms with Gasteiger partial charge in [-0.25, -0.2) is 0 Å². The van der Waals surface area contributed by atoms with Crippen LogP contribution in [0.15, 0.2) is 84.3 Å². The second kappa shape index (κ2) is 21.8. The molecule has 0 unspecified atom stereocenters. The third kappa shape index (κ3) is 11.6. The first-order chi connectivity index (χ1) is 17.2. The molecule has 2 N–H and O–H groups in total. The van der Waals surface area contributed by atoms with Gasteiger partial charge in [0.15, 0.2) is 0 Å². The highest BCUT2D eigenvalue weighted by Gasteiger charge is 2.17. The van der Waals surface area contributed by atoms with Crippen molar-refractivity contribution in [1.29, 1.82) is 0 Å². The van der Waals surface area contributed by atoms with Crippen molar-refractivity contribution in [3.05, 3.63) is 90.4 Å². The van der Waals surface area contributed by atoms with Crippen LogP contribution in [-0.2, 0) is 16.0 Å². The highest BCUT2D eigenvalue weighted by Crippen LogP contribution is 2.25. The number of aromatic nitrogens is 1. The molecule has 0 saturated carbocycles. The molecule has 0 saturated heterocycles. The zero-order chi connectivity index (χ0) is 27.1. The van der Waals surface area contributed by atoms with Gasteiger partial charge in [-0.1, -0.05) is 58.5 Å². The van der Waals surface area contributed by atoms with E-state index in [4.69, 9.17) is 9.59 Å². The normalized spacial score (nSPS) is 12.7. The molecule has 0 amide bonds. The van der Waals surface area contributed by atoms with E-state index in [1.807, 2.05) is 96.8 Å². The van der Waals surface area contributed by atoms with Crippen LogP contribution >= 0.6 is 0 Å². The molecule has 190 valence electrons. The van der Waals surface area contributed by atoms with E-state index < -0.39 is 0 Å². The van der Waals surface area contributed by atoms with Crippen LogP contribution in [-0.4, -0.2) is 43.0 Å². The van der Waals surface area contributed by atoms with E-state index in [-0.39, 0.29) is 0 Å². The van der Waals surface area contributed by atoms with Crippen LogP contribution in [0.4, 0.5) is 5.69 Å². The molecule has 0 radical (unpaired) electrons. The van der Waals surface area contributed by atoms with Crippen LogP contribution in [0, 0.1) is 0 Å². The number of aliphatic imine (C=N–C) groups is 1. The largest absolute Gasteiger partial charge is 0.388 e. The summed E-state index contributed by atoms with van der Waals surface area (Å²) < 4.78 is 0. The van der Waals surface area contributed by atoms with Gasteiger partial charge in [-0.3, -0.25) is 20.4 Å². The lowest BCUT2D eigenvalue weighted by Crippen LogP contribution is -2.41. The predicted molar refractivity (Wildman–Crippen MR) is 150 cm³/mol. The van der Waals surface area contributed by atoms with Crippen molar-refractivity contribution in [1.82, 2.24) is 15.4 Å². The van der Waals surface area contributed by atoms with E-state index in [1.165, 1.54) is 5.56 Å². The minimum Gasteiger partial charge on any atom is -0.388 e. The van der Waals surface area contributed by atoms with Crippen LogP contribution < -0.4 is 10.7 Å². The first kappa shape index (κ1) is 33.2. The Morgan fingerprint density at radius 1 is 1.09 bits per heavy atom. The Bertz CT molecular complexity index is 922. The fourth-order valence-corrected chi connectivity index (χ4v) is 2.89. The van der Waals surface area contributed by atoms with Gasteiger partial charge < -0.3 is 14.9 Å². The first-order valence-corrected chi connectivity index (χ1v) is 11.6. The molecule has 3 rings (SSSR count). The van der Waals surface area contributed by atoms with Crippen molar-refractivity contribution in [2.45, 2.75) is 41.0 Å². The molecule has 0 bridgehead atoms. The van der Waals surface area contributed by atoms with Crippen LogP contribution in [0.2, 0.25) is 0 Å². The third-order valence-corrected chi connectivity index (χ3v) is 4.31. The molecular weight excluding hydrogens is 438 g/mol. The summed E-state index contributed by atoms with van der Waals surface area (Å²) in [6.07, 6.45) is 10.5. The number of rotatable bonds is 6. The Labute approximate surface area is 211 Å². The van der Waals surface area contributed by atoms with Gasteiger partial charge in [0, 0.05) is 37.2 Å². The minimum absolute atomic E-state index is 0.694. The molecule has 1 aromatic carbocycles. The maximum Gasteiger partial charge on any atom is 0.140 e. The summed E-state index contributed by atoms with van der Waals surface area (Å²) in [4.78, 5) is 24.8.